The van der Waals surface area contributed by atoms with Gasteiger partial charge >= 0.3 is 11.8 Å². The summed E-state index contributed by atoms with van der Waals surface area (Å²) < 4.78 is 70.1. The van der Waals surface area contributed by atoms with Gasteiger partial charge in [0.2, 0.25) is 0 Å². The Kier molecular flexibility index (Phi) is 17.9. The molecule has 0 spiro atoms. The van der Waals surface area contributed by atoms with Crippen molar-refractivity contribution in [1.29, 1.82) is 0 Å². The van der Waals surface area contributed by atoms with E-state index in [9.17, 15) is 37.0 Å². The van der Waals surface area contributed by atoms with Gasteiger partial charge in [0.15, 0.2) is 19.8 Å². The van der Waals surface area contributed by atoms with E-state index in [0.29, 0.717) is 0 Å². The SMILES string of the molecule is C=CC(=C(C)C)P(=O)(c1ccccc1C)c1ccccc1C.Cc1ccccc1P(=O)(c1ccccc1C)c1ccccc1C.O=C(c1c(O)c2ccccc2oc1=O)C(F)(F)F.[Eu]. The number of carbonyl (C=O) groups excluding carboxylic acids is 1. The number of aromatic hydroxyl groups is 1. The molecule has 6 nitrogen and oxygen atoms in total. The standard InChI is InChI=1S/C21H21OP.C20H23OP.C11H5F3O4.Eu/c1-16-10-4-7-13-19(16)23(22,20-14-8-5-11-17(20)2)21-15-9-6-12-18(21)3;1-6-18(15(2)3)22(21,19-13-9-7-11-16(19)4)20-14-10-8-12-17(20)5;12-11(13,14)9(16)7-8(15)5-3-1-2-4-6(5)18-10(7)17;/h4-15H,1-3H3;6-14H,1H2,2-5H3;1-4,15H;. The second kappa shape index (κ2) is 22.0. The van der Waals surface area contributed by atoms with Crippen LogP contribution in [0.15, 0.2) is 178 Å². The number of allylic oxidation sites excluding steroid dienone is 3. The predicted octanol–water partition coefficient (Wildman–Crippen LogP) is 11.6. The van der Waals surface area contributed by atoms with Crippen LogP contribution in [0, 0.1) is 84.0 Å². The smallest absolute Gasteiger partial charge is 0.455 e. The number of halogens is 3. The number of Topliss-reactive ketones (excluding diaryl/α,β-unsaturated/α-hetero) is 1. The van der Waals surface area contributed by atoms with Crippen LogP contribution in [0.1, 0.15) is 52.0 Å². The maximum Gasteiger partial charge on any atom is 0.455 e. The summed E-state index contributed by atoms with van der Waals surface area (Å²) in [5.74, 6) is -3.45. The van der Waals surface area contributed by atoms with Gasteiger partial charge in [0.05, 0.1) is 5.39 Å². The Morgan fingerprint density at radius 2 is 0.922 bits per heavy atom. The minimum atomic E-state index is -5.26. The molecule has 0 fully saturated rings. The molecule has 0 atom stereocenters. The van der Waals surface area contributed by atoms with E-state index in [1.807, 2.05) is 170 Å². The Hall–Kier alpha value is -4.69. The zero-order valence-corrected chi connectivity index (χ0v) is 40.7. The number of para-hydroxylation sites is 1. The van der Waals surface area contributed by atoms with Crippen LogP contribution in [-0.2, 0) is 9.13 Å². The van der Waals surface area contributed by atoms with Gasteiger partial charge in [-0.3, -0.25) is 4.79 Å². The first-order valence-corrected chi connectivity index (χ1v) is 23.4. The van der Waals surface area contributed by atoms with Crippen molar-refractivity contribution in [2.24, 2.45) is 0 Å². The molecule has 1 N–H and O–H groups in total. The number of rotatable bonds is 8. The van der Waals surface area contributed by atoms with Gasteiger partial charge < -0.3 is 18.7 Å². The number of ketones is 1. The maximum atomic E-state index is 14.5. The van der Waals surface area contributed by atoms with Crippen molar-refractivity contribution >= 4 is 57.6 Å². The summed E-state index contributed by atoms with van der Waals surface area (Å²) in [6, 6.07) is 45.4. The van der Waals surface area contributed by atoms with E-state index in [1.165, 1.54) is 24.3 Å². The third kappa shape index (κ3) is 10.9. The average molecular weight is 1040 g/mol. The minimum Gasteiger partial charge on any atom is -0.506 e. The summed E-state index contributed by atoms with van der Waals surface area (Å²) in [6.45, 7) is 18.1. The monoisotopic (exact) mass is 1040 g/mol. The van der Waals surface area contributed by atoms with Gasteiger partial charge in [0.1, 0.15) is 11.3 Å². The summed E-state index contributed by atoms with van der Waals surface area (Å²) in [7, 11) is -5.79. The number of benzene rings is 6. The molecule has 0 amide bonds. The average Bonchev–Trinajstić information content (AvgIpc) is 3.24. The van der Waals surface area contributed by atoms with E-state index < -0.39 is 43.2 Å². The quantitative estimate of drug-likeness (QED) is 0.0704. The van der Waals surface area contributed by atoms with Crippen LogP contribution in [0.25, 0.3) is 11.0 Å². The molecule has 0 bridgehead atoms. The predicted molar refractivity (Wildman–Crippen MR) is 252 cm³/mol. The normalized spacial score (nSPS) is 11.2. The summed E-state index contributed by atoms with van der Waals surface area (Å²) >= 11 is 0. The summed E-state index contributed by atoms with van der Waals surface area (Å²) in [6.07, 6.45) is -3.50. The van der Waals surface area contributed by atoms with Gasteiger partial charge in [-0.25, -0.2) is 4.79 Å². The fourth-order valence-corrected chi connectivity index (χ4v) is 14.3. The van der Waals surface area contributed by atoms with Crippen LogP contribution in [0.3, 0.4) is 0 Å². The molecule has 0 aliphatic carbocycles. The first kappa shape index (κ1) is 51.9. The molecule has 0 aliphatic heterocycles. The third-order valence-electron chi connectivity index (χ3n) is 10.6. The summed E-state index contributed by atoms with van der Waals surface area (Å²) in [4.78, 5) is 22.3. The molecule has 1 aromatic heterocycles. The van der Waals surface area contributed by atoms with Crippen molar-refractivity contribution in [1.82, 2.24) is 0 Å². The molecule has 6 aromatic carbocycles. The number of fused-ring (bicyclic) bond motifs is 1. The molecule has 7 aromatic rings. The van der Waals surface area contributed by atoms with Gasteiger partial charge in [-0.2, -0.15) is 13.2 Å². The third-order valence-corrected chi connectivity index (χ3v) is 17.8. The van der Waals surface area contributed by atoms with Gasteiger partial charge in [0, 0.05) is 81.2 Å². The van der Waals surface area contributed by atoms with Crippen molar-refractivity contribution in [2.75, 3.05) is 0 Å². The first-order valence-electron chi connectivity index (χ1n) is 20.0. The molecule has 0 aliphatic rings. The van der Waals surface area contributed by atoms with Gasteiger partial charge in [-0.05, 0) is 88.4 Å². The Balaban J connectivity index is 0.000000210. The Morgan fingerprint density at radius 3 is 1.25 bits per heavy atom. The van der Waals surface area contributed by atoms with Crippen molar-refractivity contribution < 1.29 is 86.0 Å². The van der Waals surface area contributed by atoms with Crippen molar-refractivity contribution in [3.05, 3.63) is 213 Å². The zero-order valence-electron chi connectivity index (χ0n) is 36.5. The van der Waals surface area contributed by atoms with Crippen molar-refractivity contribution in [3.8, 4) is 5.75 Å². The fourth-order valence-electron chi connectivity index (χ4n) is 7.49. The summed E-state index contributed by atoms with van der Waals surface area (Å²) in [5, 5.41) is 14.9. The Morgan fingerprint density at radius 1 is 0.594 bits per heavy atom. The number of carbonyl (C=O) groups is 1. The van der Waals surface area contributed by atoms with Gasteiger partial charge in [0.25, 0.3) is 5.78 Å². The Labute approximate surface area is 413 Å². The molecule has 64 heavy (non-hydrogen) atoms. The topological polar surface area (TPSA) is 102 Å². The van der Waals surface area contributed by atoms with E-state index >= 15 is 0 Å². The molecule has 0 unspecified atom stereocenters. The fraction of sp³-hybridized carbons (Fsp3) is 0.154. The zero-order chi connectivity index (χ0) is 46.3. The van der Waals surface area contributed by atoms with Crippen LogP contribution in [0.5, 0.6) is 5.75 Å². The van der Waals surface area contributed by atoms with E-state index in [2.05, 4.69) is 11.0 Å². The maximum absolute atomic E-state index is 14.5. The van der Waals surface area contributed by atoms with E-state index in [0.717, 1.165) is 65.2 Å². The molecule has 0 saturated heterocycles. The van der Waals surface area contributed by atoms with Crippen LogP contribution in [-0.4, -0.2) is 17.1 Å². The number of hydrogen-bond acceptors (Lipinski definition) is 6. The van der Waals surface area contributed by atoms with Crippen LogP contribution in [0.2, 0.25) is 0 Å². The van der Waals surface area contributed by atoms with E-state index in [4.69, 9.17) is 0 Å². The minimum absolute atomic E-state index is 0. The largest absolute Gasteiger partial charge is 0.506 e. The molecule has 1 radical (unpaired) electrons. The first-order chi connectivity index (χ1) is 29.8. The summed E-state index contributed by atoms with van der Waals surface area (Å²) in [5.41, 5.74) is 3.34. The number of hydrogen-bond donors (Lipinski definition) is 1. The van der Waals surface area contributed by atoms with Crippen molar-refractivity contribution in [3.63, 3.8) is 0 Å². The second-order valence-electron chi connectivity index (χ2n) is 15.2. The van der Waals surface area contributed by atoms with Gasteiger partial charge in [-0.15, -0.1) is 0 Å². The molecule has 7 rings (SSSR count). The molecular weight excluding hydrogens is 991 g/mol. The molecule has 331 valence electrons. The van der Waals surface area contributed by atoms with E-state index in [1.54, 1.807) is 6.08 Å². The van der Waals surface area contributed by atoms with E-state index in [-0.39, 0.29) is 60.3 Å². The molecule has 12 heteroatoms. The van der Waals surface area contributed by atoms with Crippen molar-refractivity contribution in [2.45, 2.75) is 54.6 Å². The Bertz CT molecular complexity index is 2850. The number of alkyl halides is 3. The van der Waals surface area contributed by atoms with Crippen LogP contribution >= 0.6 is 14.3 Å². The molecule has 1 heterocycles. The molecule has 0 saturated carbocycles. The number of aryl methyl sites for hydroxylation is 5. The van der Waals surface area contributed by atoms with Gasteiger partial charge in [-0.1, -0.05) is 152 Å². The van der Waals surface area contributed by atoms with Crippen LogP contribution in [0.4, 0.5) is 13.2 Å². The molecular formula is C52H49EuF3O6P2. The van der Waals surface area contributed by atoms with Crippen LogP contribution < -0.4 is 32.1 Å². The second-order valence-corrected chi connectivity index (χ2v) is 20.5.